The van der Waals surface area contributed by atoms with Crippen molar-refractivity contribution in [2.75, 3.05) is 25.3 Å². The third-order valence-corrected chi connectivity index (χ3v) is 5.55. The first-order valence-corrected chi connectivity index (χ1v) is 8.60. The van der Waals surface area contributed by atoms with Crippen molar-refractivity contribution in [3.8, 4) is 0 Å². The molecule has 2 aromatic heterocycles. The number of aromatic nitrogens is 5. The van der Waals surface area contributed by atoms with E-state index in [0.717, 1.165) is 17.6 Å². The lowest BCUT2D eigenvalue weighted by atomic mass is 10.2. The summed E-state index contributed by atoms with van der Waals surface area (Å²) in [6.45, 7) is 3.52. The summed E-state index contributed by atoms with van der Waals surface area (Å²) in [6, 6.07) is 3.82. The first kappa shape index (κ1) is 16.3. The van der Waals surface area contributed by atoms with Gasteiger partial charge in [-0.15, -0.1) is 10.2 Å². The summed E-state index contributed by atoms with van der Waals surface area (Å²) in [4.78, 5) is 7.59. The molecule has 2 aromatic rings. The van der Waals surface area contributed by atoms with Crippen molar-refractivity contribution in [2.24, 2.45) is 0 Å². The summed E-state index contributed by atoms with van der Waals surface area (Å²) in [5, 5.41) is 12.0. The smallest absolute Gasteiger partial charge is 0.195 e. The van der Waals surface area contributed by atoms with Gasteiger partial charge in [-0.2, -0.15) is 4.80 Å². The average molecular weight is 324 g/mol. The molecule has 0 unspecified atom stereocenters. The number of anilines is 1. The third kappa shape index (κ3) is 3.24. The van der Waals surface area contributed by atoms with E-state index >= 15 is 0 Å². The van der Waals surface area contributed by atoms with Crippen molar-refractivity contribution in [3.05, 3.63) is 29.7 Å². The predicted molar refractivity (Wildman–Crippen MR) is 83.4 cm³/mol. The monoisotopic (exact) mass is 324 g/mol. The Kier molecular flexibility index (Phi) is 4.19. The highest BCUT2D eigenvalue weighted by Crippen LogP contribution is 2.25. The van der Waals surface area contributed by atoms with Crippen molar-refractivity contribution >= 4 is 15.7 Å². The summed E-state index contributed by atoms with van der Waals surface area (Å²) in [5.74, 6) is 1.04. The van der Waals surface area contributed by atoms with Gasteiger partial charge in [0.05, 0.1) is 6.54 Å². The molecule has 2 heterocycles. The Hall–Kier alpha value is -2.03. The Morgan fingerprint density at radius 1 is 1.27 bits per heavy atom. The van der Waals surface area contributed by atoms with E-state index in [-0.39, 0.29) is 5.82 Å². The Bertz CT molecular complexity index is 749. The zero-order valence-electron chi connectivity index (χ0n) is 13.3. The number of tetrazole rings is 1. The zero-order valence-corrected chi connectivity index (χ0v) is 14.2. The maximum atomic E-state index is 11.8. The summed E-state index contributed by atoms with van der Waals surface area (Å²) in [7, 11) is 0.508. The van der Waals surface area contributed by atoms with Crippen LogP contribution in [0.15, 0.2) is 18.3 Å². The third-order valence-electron chi connectivity index (χ3n) is 3.51. The van der Waals surface area contributed by atoms with Gasteiger partial charge in [-0.05, 0) is 30.7 Å². The molecule has 0 spiro atoms. The van der Waals surface area contributed by atoms with E-state index in [0.29, 0.717) is 6.54 Å². The van der Waals surface area contributed by atoms with Gasteiger partial charge >= 0.3 is 0 Å². The molecule has 0 aliphatic rings. The van der Waals surface area contributed by atoms with Crippen LogP contribution in [-0.4, -0.2) is 54.0 Å². The molecule has 0 atom stereocenters. The average Bonchev–Trinajstić information content (AvgIpc) is 2.87. The van der Waals surface area contributed by atoms with Gasteiger partial charge in [0.2, 0.25) is 0 Å². The van der Waals surface area contributed by atoms with Gasteiger partial charge < -0.3 is 4.90 Å². The molecule has 0 aliphatic carbocycles. The van der Waals surface area contributed by atoms with Crippen LogP contribution < -0.4 is 4.90 Å². The lowest BCUT2D eigenvalue weighted by Crippen LogP contribution is -2.29. The van der Waals surface area contributed by atoms with Crippen LogP contribution >= 0.6 is 0 Å². The molecule has 2 rings (SSSR count). The quantitative estimate of drug-likeness (QED) is 0.788. The zero-order chi connectivity index (χ0) is 16.5. The molecule has 120 valence electrons. The molecule has 0 saturated heterocycles. The fourth-order valence-corrected chi connectivity index (χ4v) is 2.07. The van der Waals surface area contributed by atoms with E-state index in [1.165, 1.54) is 4.80 Å². The standard InChI is InChI=1S/C13H20N6O2S/c1-13(2,22(5,20)21)12-15-17-19(16-12)9-10-6-7-11(14-8-10)18(3)4/h6-8H,9H2,1-5H3. The van der Waals surface area contributed by atoms with Crippen molar-refractivity contribution in [2.45, 2.75) is 25.1 Å². The van der Waals surface area contributed by atoms with Crippen molar-refractivity contribution in [3.63, 3.8) is 0 Å². The number of sulfone groups is 1. The first-order valence-electron chi connectivity index (χ1n) is 6.71. The summed E-state index contributed by atoms with van der Waals surface area (Å²) in [5.41, 5.74) is 0.909. The molecule has 0 aliphatic heterocycles. The molecule has 8 nitrogen and oxygen atoms in total. The number of pyridine rings is 1. The van der Waals surface area contributed by atoms with E-state index in [1.54, 1.807) is 20.0 Å². The van der Waals surface area contributed by atoms with Crippen molar-refractivity contribution < 1.29 is 8.42 Å². The van der Waals surface area contributed by atoms with Gasteiger partial charge in [0.1, 0.15) is 10.6 Å². The molecule has 0 N–H and O–H groups in total. The van der Waals surface area contributed by atoms with Crippen LogP contribution in [0.2, 0.25) is 0 Å². The Balaban J connectivity index is 2.19. The number of nitrogens with zero attached hydrogens (tertiary/aromatic N) is 6. The normalized spacial score (nSPS) is 12.4. The molecule has 0 bridgehead atoms. The molecule has 22 heavy (non-hydrogen) atoms. The van der Waals surface area contributed by atoms with Gasteiger partial charge in [0.25, 0.3) is 0 Å². The first-order chi connectivity index (χ1) is 10.1. The highest BCUT2D eigenvalue weighted by molar-refractivity contribution is 7.91. The summed E-state index contributed by atoms with van der Waals surface area (Å²) >= 11 is 0. The minimum absolute atomic E-state index is 0.188. The van der Waals surface area contributed by atoms with Crippen molar-refractivity contribution in [1.82, 2.24) is 25.2 Å². The highest BCUT2D eigenvalue weighted by atomic mass is 32.2. The van der Waals surface area contributed by atoms with Gasteiger partial charge in [-0.3, -0.25) is 0 Å². The van der Waals surface area contributed by atoms with Gasteiger partial charge in [-0.25, -0.2) is 13.4 Å². The highest BCUT2D eigenvalue weighted by Gasteiger charge is 2.37. The second-order valence-corrected chi connectivity index (χ2v) is 8.41. The second-order valence-electron chi connectivity index (χ2n) is 5.84. The number of hydrogen-bond donors (Lipinski definition) is 0. The van der Waals surface area contributed by atoms with E-state index in [1.807, 2.05) is 31.1 Å². The lowest BCUT2D eigenvalue weighted by Gasteiger charge is -2.17. The topological polar surface area (TPSA) is 93.9 Å². The van der Waals surface area contributed by atoms with Crippen LogP contribution in [0, 0.1) is 0 Å². The summed E-state index contributed by atoms with van der Waals surface area (Å²) in [6.07, 6.45) is 2.90. The van der Waals surface area contributed by atoms with Crippen LogP contribution in [0.1, 0.15) is 25.2 Å². The van der Waals surface area contributed by atoms with Gasteiger partial charge in [0, 0.05) is 26.5 Å². The SMILES string of the molecule is CN(C)c1ccc(Cn2nnc(C(C)(C)S(C)(=O)=O)n2)cn1. The molecule has 0 amide bonds. The van der Waals surface area contributed by atoms with Crippen LogP contribution in [-0.2, 0) is 21.1 Å². The molecule has 9 heteroatoms. The molecular weight excluding hydrogens is 304 g/mol. The maximum absolute atomic E-state index is 11.8. The maximum Gasteiger partial charge on any atom is 0.195 e. The van der Waals surface area contributed by atoms with Crippen LogP contribution in [0.25, 0.3) is 0 Å². The van der Waals surface area contributed by atoms with E-state index in [4.69, 9.17) is 0 Å². The van der Waals surface area contributed by atoms with Gasteiger partial charge in [0.15, 0.2) is 15.7 Å². The Morgan fingerprint density at radius 2 is 1.95 bits per heavy atom. The minimum Gasteiger partial charge on any atom is -0.363 e. The predicted octanol–water partition coefficient (Wildman–Crippen LogP) is 0.462. The largest absolute Gasteiger partial charge is 0.363 e. The molecular formula is C13H20N6O2S. The van der Waals surface area contributed by atoms with E-state index < -0.39 is 14.6 Å². The fourth-order valence-electron chi connectivity index (χ4n) is 1.66. The fraction of sp³-hybridized carbons (Fsp3) is 0.538. The van der Waals surface area contributed by atoms with Crippen molar-refractivity contribution in [1.29, 1.82) is 0 Å². The molecule has 0 radical (unpaired) electrons. The second kappa shape index (κ2) is 5.64. The van der Waals surface area contributed by atoms with Crippen LogP contribution in [0.5, 0.6) is 0 Å². The molecule has 0 saturated carbocycles. The summed E-state index contributed by atoms with van der Waals surface area (Å²) < 4.78 is 22.4. The Morgan fingerprint density at radius 3 is 2.45 bits per heavy atom. The van der Waals surface area contributed by atoms with Gasteiger partial charge in [-0.1, -0.05) is 6.07 Å². The minimum atomic E-state index is -3.33. The van der Waals surface area contributed by atoms with Crippen LogP contribution in [0.4, 0.5) is 5.82 Å². The van der Waals surface area contributed by atoms with Crippen LogP contribution in [0.3, 0.4) is 0 Å². The van der Waals surface area contributed by atoms with E-state index in [9.17, 15) is 8.42 Å². The Labute approximate surface area is 130 Å². The molecule has 0 aromatic carbocycles. The van der Waals surface area contributed by atoms with E-state index in [2.05, 4.69) is 20.4 Å². The lowest BCUT2D eigenvalue weighted by molar-refractivity contribution is 0.541. The number of hydrogen-bond acceptors (Lipinski definition) is 7. The number of rotatable bonds is 5. The molecule has 0 fully saturated rings.